The highest BCUT2D eigenvalue weighted by Crippen LogP contribution is 2.16. The SMILES string of the molecule is N[C@H]1CCCCN(Cc2cccs2)C1=O. The Bertz CT molecular complexity index is 323. The Morgan fingerprint density at radius 3 is 3.13 bits per heavy atom. The molecule has 2 N–H and O–H groups in total. The second-order valence-corrected chi connectivity index (χ2v) is 4.97. The Balaban J connectivity index is 2.03. The molecule has 0 unspecified atom stereocenters. The Hall–Kier alpha value is -0.870. The summed E-state index contributed by atoms with van der Waals surface area (Å²) in [7, 11) is 0. The summed E-state index contributed by atoms with van der Waals surface area (Å²) in [5.74, 6) is 0.112. The molecule has 82 valence electrons. The van der Waals surface area contributed by atoms with Crippen molar-refractivity contribution < 1.29 is 4.79 Å². The van der Waals surface area contributed by atoms with Crippen LogP contribution in [0.15, 0.2) is 17.5 Å². The summed E-state index contributed by atoms with van der Waals surface area (Å²) in [6, 6.07) is 3.80. The average Bonchev–Trinajstić information content (AvgIpc) is 2.68. The third kappa shape index (κ3) is 2.58. The van der Waals surface area contributed by atoms with Gasteiger partial charge in [-0.3, -0.25) is 4.79 Å². The van der Waals surface area contributed by atoms with Crippen LogP contribution in [0.25, 0.3) is 0 Å². The number of amides is 1. The molecule has 2 heterocycles. The van der Waals surface area contributed by atoms with Gasteiger partial charge in [-0.15, -0.1) is 11.3 Å². The third-order valence-corrected chi connectivity index (χ3v) is 3.61. The summed E-state index contributed by atoms with van der Waals surface area (Å²) in [5.41, 5.74) is 5.81. The smallest absolute Gasteiger partial charge is 0.239 e. The van der Waals surface area contributed by atoms with E-state index in [0.29, 0.717) is 0 Å². The van der Waals surface area contributed by atoms with Crippen LogP contribution in [0.4, 0.5) is 0 Å². The number of hydrogen-bond acceptors (Lipinski definition) is 3. The number of carbonyl (C=O) groups is 1. The molecular weight excluding hydrogens is 208 g/mol. The van der Waals surface area contributed by atoms with E-state index in [2.05, 4.69) is 6.07 Å². The van der Waals surface area contributed by atoms with E-state index in [1.807, 2.05) is 16.3 Å². The van der Waals surface area contributed by atoms with Gasteiger partial charge >= 0.3 is 0 Å². The van der Waals surface area contributed by atoms with Crippen LogP contribution in [-0.4, -0.2) is 23.4 Å². The molecule has 0 spiro atoms. The molecule has 0 aliphatic carbocycles. The van der Waals surface area contributed by atoms with E-state index < -0.39 is 0 Å². The molecule has 1 aliphatic heterocycles. The molecule has 1 atom stereocenters. The van der Waals surface area contributed by atoms with Crippen LogP contribution >= 0.6 is 11.3 Å². The van der Waals surface area contributed by atoms with E-state index in [-0.39, 0.29) is 11.9 Å². The van der Waals surface area contributed by atoms with Gasteiger partial charge in [0.15, 0.2) is 0 Å². The molecule has 1 aliphatic rings. The summed E-state index contributed by atoms with van der Waals surface area (Å²) in [5, 5.41) is 2.04. The first-order valence-electron chi connectivity index (χ1n) is 5.34. The molecular formula is C11H16N2OS. The van der Waals surface area contributed by atoms with Crippen LogP contribution in [0.3, 0.4) is 0 Å². The van der Waals surface area contributed by atoms with Gasteiger partial charge in [0.25, 0.3) is 0 Å². The zero-order valence-electron chi connectivity index (χ0n) is 8.69. The molecule has 1 fully saturated rings. The topological polar surface area (TPSA) is 46.3 Å². The van der Waals surface area contributed by atoms with Crippen LogP contribution in [0.1, 0.15) is 24.1 Å². The highest BCUT2D eigenvalue weighted by atomic mass is 32.1. The number of hydrogen-bond donors (Lipinski definition) is 1. The Labute approximate surface area is 93.9 Å². The van der Waals surface area contributed by atoms with Gasteiger partial charge in [-0.2, -0.15) is 0 Å². The maximum atomic E-state index is 11.9. The lowest BCUT2D eigenvalue weighted by atomic mass is 10.1. The van der Waals surface area contributed by atoms with Crippen LogP contribution in [0.5, 0.6) is 0 Å². The van der Waals surface area contributed by atoms with Crippen LogP contribution < -0.4 is 5.73 Å². The zero-order chi connectivity index (χ0) is 10.7. The maximum Gasteiger partial charge on any atom is 0.239 e. The second-order valence-electron chi connectivity index (χ2n) is 3.94. The molecule has 1 aromatic rings. The van der Waals surface area contributed by atoms with Crippen molar-refractivity contribution in [2.75, 3.05) is 6.54 Å². The van der Waals surface area contributed by atoms with Crippen LogP contribution in [0.2, 0.25) is 0 Å². The molecule has 1 amide bonds. The van der Waals surface area contributed by atoms with E-state index in [1.54, 1.807) is 11.3 Å². The fourth-order valence-corrected chi connectivity index (χ4v) is 2.60. The Kier molecular flexibility index (Phi) is 3.38. The molecule has 0 saturated carbocycles. The Morgan fingerprint density at radius 2 is 2.40 bits per heavy atom. The van der Waals surface area contributed by atoms with Crippen molar-refractivity contribution >= 4 is 17.2 Å². The number of likely N-dealkylation sites (tertiary alicyclic amines) is 1. The first kappa shape index (κ1) is 10.6. The summed E-state index contributed by atoms with van der Waals surface area (Å²) >= 11 is 1.69. The van der Waals surface area contributed by atoms with Gasteiger partial charge in [-0.25, -0.2) is 0 Å². The lowest BCUT2D eigenvalue weighted by Gasteiger charge is -2.21. The zero-order valence-corrected chi connectivity index (χ0v) is 9.50. The molecule has 2 rings (SSSR count). The monoisotopic (exact) mass is 224 g/mol. The van der Waals surface area contributed by atoms with E-state index >= 15 is 0 Å². The number of thiophene rings is 1. The largest absolute Gasteiger partial charge is 0.336 e. The van der Waals surface area contributed by atoms with Crippen molar-refractivity contribution in [2.45, 2.75) is 31.8 Å². The van der Waals surface area contributed by atoms with Gasteiger partial charge in [0.05, 0.1) is 12.6 Å². The minimum atomic E-state index is -0.285. The van der Waals surface area contributed by atoms with Gasteiger partial charge in [0.1, 0.15) is 0 Å². The molecule has 1 aromatic heterocycles. The fourth-order valence-electron chi connectivity index (χ4n) is 1.88. The fraction of sp³-hybridized carbons (Fsp3) is 0.545. The summed E-state index contributed by atoms with van der Waals surface area (Å²) in [4.78, 5) is 15.0. The number of nitrogens with two attached hydrogens (primary N) is 1. The van der Waals surface area contributed by atoms with Crippen molar-refractivity contribution in [3.05, 3.63) is 22.4 Å². The summed E-state index contributed by atoms with van der Waals surface area (Å²) in [6.45, 7) is 1.58. The van der Waals surface area contributed by atoms with Gasteiger partial charge in [-0.1, -0.05) is 6.07 Å². The third-order valence-electron chi connectivity index (χ3n) is 2.75. The second kappa shape index (κ2) is 4.77. The van der Waals surface area contributed by atoms with Gasteiger partial charge in [0, 0.05) is 11.4 Å². The normalized spacial score (nSPS) is 22.9. The van der Waals surface area contributed by atoms with Crippen molar-refractivity contribution in [3.8, 4) is 0 Å². The first-order valence-corrected chi connectivity index (χ1v) is 6.22. The van der Waals surface area contributed by atoms with Crippen molar-refractivity contribution in [1.82, 2.24) is 4.90 Å². The number of rotatable bonds is 2. The van der Waals surface area contributed by atoms with Crippen LogP contribution in [-0.2, 0) is 11.3 Å². The van der Waals surface area contributed by atoms with Crippen LogP contribution in [0, 0.1) is 0 Å². The van der Waals surface area contributed by atoms with E-state index in [0.717, 1.165) is 32.4 Å². The molecule has 0 bridgehead atoms. The minimum absolute atomic E-state index is 0.112. The molecule has 0 radical (unpaired) electrons. The minimum Gasteiger partial charge on any atom is -0.336 e. The lowest BCUT2D eigenvalue weighted by Crippen LogP contribution is -2.41. The number of nitrogens with zero attached hydrogens (tertiary/aromatic N) is 1. The van der Waals surface area contributed by atoms with Crippen molar-refractivity contribution in [3.63, 3.8) is 0 Å². The molecule has 15 heavy (non-hydrogen) atoms. The van der Waals surface area contributed by atoms with E-state index in [1.165, 1.54) is 4.88 Å². The van der Waals surface area contributed by atoms with Crippen molar-refractivity contribution in [2.24, 2.45) is 5.73 Å². The first-order chi connectivity index (χ1) is 7.27. The quantitative estimate of drug-likeness (QED) is 0.829. The summed E-state index contributed by atoms with van der Waals surface area (Å²) in [6.07, 6.45) is 2.97. The number of carbonyl (C=O) groups excluding carboxylic acids is 1. The predicted octanol–water partition coefficient (Wildman–Crippen LogP) is 1.59. The average molecular weight is 224 g/mol. The van der Waals surface area contributed by atoms with Gasteiger partial charge in [-0.05, 0) is 30.7 Å². The van der Waals surface area contributed by atoms with Gasteiger partial charge in [0.2, 0.25) is 5.91 Å². The predicted molar refractivity (Wildman–Crippen MR) is 61.6 cm³/mol. The maximum absolute atomic E-state index is 11.9. The van der Waals surface area contributed by atoms with Gasteiger partial charge < -0.3 is 10.6 Å². The highest BCUT2D eigenvalue weighted by Gasteiger charge is 2.23. The van der Waals surface area contributed by atoms with E-state index in [4.69, 9.17) is 5.73 Å². The molecule has 1 saturated heterocycles. The molecule has 4 heteroatoms. The summed E-state index contributed by atoms with van der Waals surface area (Å²) < 4.78 is 0. The lowest BCUT2D eigenvalue weighted by molar-refractivity contribution is -0.132. The highest BCUT2D eigenvalue weighted by molar-refractivity contribution is 7.09. The Morgan fingerprint density at radius 1 is 1.53 bits per heavy atom. The van der Waals surface area contributed by atoms with E-state index in [9.17, 15) is 4.79 Å². The molecule has 0 aromatic carbocycles. The standard InChI is InChI=1S/C11H16N2OS/c12-10-5-1-2-6-13(11(10)14)8-9-4-3-7-15-9/h3-4,7,10H,1-2,5-6,8,12H2/t10-/m0/s1. The van der Waals surface area contributed by atoms with Crippen molar-refractivity contribution in [1.29, 1.82) is 0 Å². The molecule has 3 nitrogen and oxygen atoms in total.